The lowest BCUT2D eigenvalue weighted by Crippen LogP contribution is -2.37. The summed E-state index contributed by atoms with van der Waals surface area (Å²) in [5.41, 5.74) is 2.44. The average molecular weight is 436 g/mol. The van der Waals surface area contributed by atoms with Gasteiger partial charge in [0.25, 0.3) is 0 Å². The lowest BCUT2D eigenvalue weighted by Gasteiger charge is -2.30. The largest absolute Gasteiger partial charge is 0.338 e. The molecule has 2 aromatic carbocycles. The molecule has 0 radical (unpaired) electrons. The van der Waals surface area contributed by atoms with E-state index < -0.39 is 0 Å². The lowest BCUT2D eigenvalue weighted by molar-refractivity contribution is -0.121. The topological polar surface area (TPSA) is 95.1 Å². The minimum absolute atomic E-state index is 0.0311. The summed E-state index contributed by atoms with van der Waals surface area (Å²) in [6, 6.07) is 16.9. The third kappa shape index (κ3) is 5.29. The molecule has 1 aliphatic rings. The van der Waals surface area contributed by atoms with E-state index in [0.29, 0.717) is 29.7 Å². The van der Waals surface area contributed by atoms with Gasteiger partial charge in [-0.3, -0.25) is 9.69 Å². The Morgan fingerprint density at radius 3 is 2.65 bits per heavy atom. The molecule has 1 aliphatic heterocycles. The number of piperidine rings is 1. The Labute approximate surface area is 185 Å². The zero-order valence-corrected chi connectivity index (χ0v) is 17.7. The van der Waals surface area contributed by atoms with Gasteiger partial charge in [-0.25, -0.2) is 0 Å². The Bertz CT molecular complexity index is 1080. The molecule has 31 heavy (non-hydrogen) atoms. The van der Waals surface area contributed by atoms with Crippen LogP contribution >= 0.6 is 11.6 Å². The van der Waals surface area contributed by atoms with Gasteiger partial charge in [0.2, 0.25) is 17.6 Å². The van der Waals surface area contributed by atoms with Gasteiger partial charge in [-0.2, -0.15) is 10.2 Å². The fraction of sp³-hybridized carbons (Fsp3) is 0.304. The van der Waals surface area contributed by atoms with Crippen LogP contribution in [0.1, 0.15) is 24.3 Å². The summed E-state index contributed by atoms with van der Waals surface area (Å²) in [6.45, 7) is 2.11. The summed E-state index contributed by atoms with van der Waals surface area (Å²) in [7, 11) is 0. The molecular weight excluding hydrogens is 414 g/mol. The molecule has 1 saturated heterocycles. The SMILES string of the molecule is N#CCc1ccc(NC(=O)C2CCN(Cc3nc(-c4ccccc4Cl)no3)CC2)cc1. The second-order valence-electron chi connectivity index (χ2n) is 7.56. The van der Waals surface area contributed by atoms with Gasteiger partial charge in [0.05, 0.1) is 24.1 Å². The molecule has 0 unspecified atom stereocenters. The van der Waals surface area contributed by atoms with E-state index in [-0.39, 0.29) is 11.8 Å². The van der Waals surface area contributed by atoms with Crippen LogP contribution in [0, 0.1) is 17.2 Å². The summed E-state index contributed by atoms with van der Waals surface area (Å²) in [6.07, 6.45) is 1.90. The highest BCUT2D eigenvalue weighted by Crippen LogP contribution is 2.26. The molecule has 158 valence electrons. The molecule has 1 amide bonds. The number of carbonyl (C=O) groups is 1. The van der Waals surface area contributed by atoms with Crippen molar-refractivity contribution in [2.45, 2.75) is 25.8 Å². The molecule has 1 fully saturated rings. The van der Waals surface area contributed by atoms with E-state index in [2.05, 4.69) is 26.4 Å². The summed E-state index contributed by atoms with van der Waals surface area (Å²) in [5.74, 6) is 1.02. The minimum Gasteiger partial charge on any atom is -0.338 e. The van der Waals surface area contributed by atoms with Crippen molar-refractivity contribution in [3.8, 4) is 17.5 Å². The van der Waals surface area contributed by atoms with Crippen molar-refractivity contribution in [1.82, 2.24) is 15.0 Å². The Hall–Kier alpha value is -3.21. The Morgan fingerprint density at radius 2 is 1.94 bits per heavy atom. The van der Waals surface area contributed by atoms with Gasteiger partial charge in [0.1, 0.15) is 0 Å². The van der Waals surface area contributed by atoms with Crippen molar-refractivity contribution in [3.05, 3.63) is 65.0 Å². The van der Waals surface area contributed by atoms with Crippen molar-refractivity contribution >= 4 is 23.2 Å². The number of anilines is 1. The number of aromatic nitrogens is 2. The predicted octanol–water partition coefficient (Wildman–Crippen LogP) is 4.31. The Kier molecular flexibility index (Phi) is 6.60. The third-order valence-electron chi connectivity index (χ3n) is 5.40. The maximum absolute atomic E-state index is 12.6. The quantitative estimate of drug-likeness (QED) is 0.620. The normalized spacial score (nSPS) is 14.8. The summed E-state index contributed by atoms with van der Waals surface area (Å²) in [4.78, 5) is 19.3. The van der Waals surface area contributed by atoms with E-state index in [1.165, 1.54) is 0 Å². The van der Waals surface area contributed by atoms with Crippen LogP contribution in [0.4, 0.5) is 5.69 Å². The maximum Gasteiger partial charge on any atom is 0.241 e. The summed E-state index contributed by atoms with van der Waals surface area (Å²) in [5, 5.41) is 16.3. The van der Waals surface area contributed by atoms with Gasteiger partial charge in [0.15, 0.2) is 0 Å². The van der Waals surface area contributed by atoms with Crippen LogP contribution in [0.2, 0.25) is 5.02 Å². The van der Waals surface area contributed by atoms with Crippen molar-refractivity contribution < 1.29 is 9.32 Å². The number of nitrogens with zero attached hydrogens (tertiary/aromatic N) is 4. The number of nitrogens with one attached hydrogen (secondary N) is 1. The molecular formula is C23H22ClN5O2. The average Bonchev–Trinajstić information content (AvgIpc) is 3.24. The third-order valence-corrected chi connectivity index (χ3v) is 5.73. The van der Waals surface area contributed by atoms with Crippen molar-refractivity contribution in [2.24, 2.45) is 5.92 Å². The smallest absolute Gasteiger partial charge is 0.241 e. The van der Waals surface area contributed by atoms with Gasteiger partial charge in [-0.15, -0.1) is 0 Å². The van der Waals surface area contributed by atoms with E-state index in [4.69, 9.17) is 21.4 Å². The van der Waals surface area contributed by atoms with Crippen LogP contribution in [-0.2, 0) is 17.8 Å². The van der Waals surface area contributed by atoms with Crippen LogP contribution in [-0.4, -0.2) is 34.0 Å². The standard InChI is InChI=1S/C23H22ClN5O2/c24-20-4-2-1-3-19(20)22-27-21(31-28-22)15-29-13-10-17(11-14-29)23(30)26-18-7-5-16(6-8-18)9-12-25/h1-8,17H,9-11,13-15H2,(H,26,30). The number of halogens is 1. The molecule has 4 rings (SSSR count). The number of benzene rings is 2. The first-order valence-electron chi connectivity index (χ1n) is 10.2. The number of hydrogen-bond acceptors (Lipinski definition) is 6. The number of amides is 1. The monoisotopic (exact) mass is 435 g/mol. The Balaban J connectivity index is 1.27. The van der Waals surface area contributed by atoms with E-state index in [0.717, 1.165) is 42.7 Å². The van der Waals surface area contributed by atoms with Crippen molar-refractivity contribution in [3.63, 3.8) is 0 Å². The molecule has 3 aromatic rings. The highest BCUT2D eigenvalue weighted by atomic mass is 35.5. The van der Waals surface area contributed by atoms with Crippen LogP contribution < -0.4 is 5.32 Å². The fourth-order valence-corrected chi connectivity index (χ4v) is 3.88. The maximum atomic E-state index is 12.6. The first-order valence-corrected chi connectivity index (χ1v) is 10.6. The van der Waals surface area contributed by atoms with E-state index in [1.807, 2.05) is 42.5 Å². The first kappa shape index (κ1) is 21.0. The van der Waals surface area contributed by atoms with Crippen LogP contribution in [0.25, 0.3) is 11.4 Å². The van der Waals surface area contributed by atoms with Crippen LogP contribution in [0.15, 0.2) is 53.1 Å². The predicted molar refractivity (Wildman–Crippen MR) is 117 cm³/mol. The van der Waals surface area contributed by atoms with E-state index in [1.54, 1.807) is 6.07 Å². The highest BCUT2D eigenvalue weighted by molar-refractivity contribution is 6.33. The van der Waals surface area contributed by atoms with Crippen molar-refractivity contribution in [1.29, 1.82) is 5.26 Å². The number of nitriles is 1. The van der Waals surface area contributed by atoms with Crippen LogP contribution in [0.3, 0.4) is 0 Å². The van der Waals surface area contributed by atoms with Crippen LogP contribution in [0.5, 0.6) is 0 Å². The van der Waals surface area contributed by atoms with E-state index in [9.17, 15) is 4.79 Å². The number of carbonyl (C=O) groups excluding carboxylic acids is 1. The first-order chi connectivity index (χ1) is 15.1. The minimum atomic E-state index is -0.0311. The highest BCUT2D eigenvalue weighted by Gasteiger charge is 2.26. The van der Waals surface area contributed by atoms with Crippen molar-refractivity contribution in [2.75, 3.05) is 18.4 Å². The number of rotatable bonds is 6. The van der Waals surface area contributed by atoms with Gasteiger partial charge in [0, 0.05) is 17.2 Å². The zero-order valence-electron chi connectivity index (χ0n) is 16.9. The molecule has 0 aliphatic carbocycles. The fourth-order valence-electron chi connectivity index (χ4n) is 3.66. The molecule has 7 nitrogen and oxygen atoms in total. The van der Waals surface area contributed by atoms with E-state index >= 15 is 0 Å². The van der Waals surface area contributed by atoms with Gasteiger partial charge < -0.3 is 9.84 Å². The van der Waals surface area contributed by atoms with Gasteiger partial charge in [-0.05, 0) is 55.8 Å². The summed E-state index contributed by atoms with van der Waals surface area (Å²) >= 11 is 6.20. The molecule has 0 spiro atoms. The zero-order chi connectivity index (χ0) is 21.6. The molecule has 2 heterocycles. The second-order valence-corrected chi connectivity index (χ2v) is 7.97. The number of likely N-dealkylation sites (tertiary alicyclic amines) is 1. The Morgan fingerprint density at radius 1 is 1.19 bits per heavy atom. The molecule has 0 bridgehead atoms. The second kappa shape index (κ2) is 9.73. The van der Waals surface area contributed by atoms with Gasteiger partial charge >= 0.3 is 0 Å². The molecule has 0 saturated carbocycles. The molecule has 1 N–H and O–H groups in total. The molecule has 0 atom stereocenters. The van der Waals surface area contributed by atoms with Gasteiger partial charge in [-0.1, -0.05) is 41.0 Å². The summed E-state index contributed by atoms with van der Waals surface area (Å²) < 4.78 is 5.40. The molecule has 8 heteroatoms. The number of hydrogen-bond donors (Lipinski definition) is 1. The lowest BCUT2D eigenvalue weighted by atomic mass is 9.95. The molecule has 1 aromatic heterocycles.